The Bertz CT molecular complexity index is 533. The van der Waals surface area contributed by atoms with Gasteiger partial charge in [-0.3, -0.25) is 0 Å². The lowest BCUT2D eigenvalue weighted by atomic mass is 9.94. The highest BCUT2D eigenvalue weighted by Crippen LogP contribution is 2.26. The van der Waals surface area contributed by atoms with Crippen molar-refractivity contribution in [3.8, 4) is 5.75 Å². The van der Waals surface area contributed by atoms with Gasteiger partial charge in [-0.15, -0.1) is 0 Å². The number of oxime groups is 1. The van der Waals surface area contributed by atoms with Crippen molar-refractivity contribution >= 4 is 5.84 Å². The summed E-state index contributed by atoms with van der Waals surface area (Å²) in [6.07, 6.45) is 1.18. The van der Waals surface area contributed by atoms with Crippen LogP contribution in [0.2, 0.25) is 0 Å². The average Bonchev–Trinajstić information content (AvgIpc) is 2.84. The minimum atomic E-state index is -0.0164. The summed E-state index contributed by atoms with van der Waals surface area (Å²) in [6, 6.07) is 5.62. The van der Waals surface area contributed by atoms with Gasteiger partial charge in [0.1, 0.15) is 5.75 Å². The van der Waals surface area contributed by atoms with Crippen LogP contribution in [-0.4, -0.2) is 36.4 Å². The quantitative estimate of drug-likeness (QED) is 0.331. The van der Waals surface area contributed by atoms with E-state index in [9.17, 15) is 0 Å². The van der Waals surface area contributed by atoms with Crippen molar-refractivity contribution in [3.63, 3.8) is 0 Å². The molecule has 6 nitrogen and oxygen atoms in total. The topological polar surface area (TPSA) is 89.1 Å². The van der Waals surface area contributed by atoms with Gasteiger partial charge in [0.2, 0.25) is 0 Å². The second kappa shape index (κ2) is 6.32. The molecular weight excluding hydrogens is 270 g/mol. The van der Waals surface area contributed by atoms with Crippen LogP contribution in [0, 0.1) is 0 Å². The fourth-order valence-corrected chi connectivity index (χ4v) is 2.48. The van der Waals surface area contributed by atoms with Gasteiger partial charge in [0.05, 0.1) is 18.8 Å². The summed E-state index contributed by atoms with van der Waals surface area (Å²) < 4.78 is 10.9. The Morgan fingerprint density at radius 3 is 2.95 bits per heavy atom. The average molecular weight is 293 g/mol. The summed E-state index contributed by atoms with van der Waals surface area (Å²) in [6.45, 7) is 5.75. The van der Waals surface area contributed by atoms with Crippen molar-refractivity contribution in [2.24, 2.45) is 10.9 Å². The maximum absolute atomic E-state index is 8.77. The molecule has 0 spiro atoms. The highest BCUT2D eigenvalue weighted by molar-refractivity contribution is 5.99. The Hall–Kier alpha value is -1.79. The van der Waals surface area contributed by atoms with Gasteiger partial charge in [-0.25, -0.2) is 0 Å². The smallest absolute Gasteiger partial charge is 0.173 e. The van der Waals surface area contributed by atoms with E-state index in [1.54, 1.807) is 13.2 Å². The van der Waals surface area contributed by atoms with Gasteiger partial charge in [0, 0.05) is 18.7 Å². The number of nitrogens with two attached hydrogens (primary N) is 1. The van der Waals surface area contributed by atoms with E-state index in [1.165, 1.54) is 0 Å². The first-order valence-corrected chi connectivity index (χ1v) is 7.01. The summed E-state index contributed by atoms with van der Waals surface area (Å²) in [4.78, 5) is 0. The molecule has 21 heavy (non-hydrogen) atoms. The zero-order chi connectivity index (χ0) is 15.5. The number of amidine groups is 1. The number of hydrogen-bond donors (Lipinski definition) is 3. The third-order valence-electron chi connectivity index (χ3n) is 4.23. The van der Waals surface area contributed by atoms with E-state index < -0.39 is 0 Å². The fourth-order valence-electron chi connectivity index (χ4n) is 2.48. The van der Waals surface area contributed by atoms with Gasteiger partial charge < -0.3 is 25.7 Å². The van der Waals surface area contributed by atoms with Gasteiger partial charge in [0.15, 0.2) is 5.84 Å². The number of hydrogen-bond acceptors (Lipinski definition) is 5. The van der Waals surface area contributed by atoms with E-state index in [0.717, 1.165) is 18.6 Å². The number of nitrogens with one attached hydrogen (secondary N) is 1. The predicted molar refractivity (Wildman–Crippen MR) is 80.8 cm³/mol. The van der Waals surface area contributed by atoms with Crippen LogP contribution in [0.3, 0.4) is 0 Å². The van der Waals surface area contributed by atoms with Crippen molar-refractivity contribution in [3.05, 3.63) is 29.3 Å². The van der Waals surface area contributed by atoms with E-state index in [0.29, 0.717) is 17.9 Å². The van der Waals surface area contributed by atoms with Crippen LogP contribution in [0.4, 0.5) is 0 Å². The maximum Gasteiger partial charge on any atom is 0.173 e. The predicted octanol–water partition coefficient (Wildman–Crippen LogP) is 1.45. The van der Waals surface area contributed by atoms with E-state index in [2.05, 4.69) is 24.3 Å². The third kappa shape index (κ3) is 3.28. The molecule has 1 aromatic rings. The molecular formula is C15H23N3O3. The first kappa shape index (κ1) is 15.6. The lowest BCUT2D eigenvalue weighted by Crippen LogP contribution is -2.47. The Kier molecular flexibility index (Phi) is 4.69. The molecule has 116 valence electrons. The summed E-state index contributed by atoms with van der Waals surface area (Å²) >= 11 is 0. The summed E-state index contributed by atoms with van der Waals surface area (Å²) in [5.41, 5.74) is 7.25. The normalized spacial score (nSPS) is 26.0. The molecule has 6 heteroatoms. The second-order valence-corrected chi connectivity index (χ2v) is 5.55. The molecule has 2 rings (SSSR count). The van der Waals surface area contributed by atoms with Crippen LogP contribution in [0.5, 0.6) is 5.75 Å². The molecule has 0 aromatic heterocycles. The summed E-state index contributed by atoms with van der Waals surface area (Å²) in [5, 5.41) is 15.3. The number of rotatable bonds is 5. The van der Waals surface area contributed by atoms with E-state index in [-0.39, 0.29) is 17.5 Å². The van der Waals surface area contributed by atoms with Crippen molar-refractivity contribution < 1.29 is 14.7 Å². The highest BCUT2D eigenvalue weighted by Gasteiger charge is 2.36. The van der Waals surface area contributed by atoms with Crippen molar-refractivity contribution in [2.75, 3.05) is 13.7 Å². The Morgan fingerprint density at radius 2 is 2.38 bits per heavy atom. The van der Waals surface area contributed by atoms with E-state index in [4.69, 9.17) is 20.4 Å². The molecule has 0 radical (unpaired) electrons. The maximum atomic E-state index is 8.77. The number of nitrogens with zero attached hydrogens (tertiary/aromatic N) is 1. The molecule has 2 atom stereocenters. The highest BCUT2D eigenvalue weighted by atomic mass is 16.5. The largest absolute Gasteiger partial charge is 0.496 e. The molecule has 0 saturated carbocycles. The molecule has 1 heterocycles. The summed E-state index contributed by atoms with van der Waals surface area (Å²) in [5.74, 6) is 0.626. The van der Waals surface area contributed by atoms with Crippen molar-refractivity contribution in [1.29, 1.82) is 0 Å². The molecule has 1 aliphatic heterocycles. The molecule has 0 amide bonds. The lowest BCUT2D eigenvalue weighted by Gasteiger charge is -2.29. The number of ether oxygens (including phenoxy) is 2. The minimum Gasteiger partial charge on any atom is -0.496 e. The monoisotopic (exact) mass is 293 g/mol. The first-order valence-electron chi connectivity index (χ1n) is 7.01. The third-order valence-corrected chi connectivity index (χ3v) is 4.23. The van der Waals surface area contributed by atoms with E-state index in [1.807, 2.05) is 12.1 Å². The zero-order valence-electron chi connectivity index (χ0n) is 12.7. The molecule has 1 fully saturated rings. The second-order valence-electron chi connectivity index (χ2n) is 5.55. The van der Waals surface area contributed by atoms with Crippen molar-refractivity contribution in [1.82, 2.24) is 5.32 Å². The number of methoxy groups -OCH3 is 1. The SMILES string of the molecule is COc1cc(CNC2(C)CCOC2C)ccc1/C(N)=N/O. The Morgan fingerprint density at radius 1 is 1.62 bits per heavy atom. The van der Waals surface area contributed by atoms with Crippen LogP contribution in [-0.2, 0) is 11.3 Å². The molecule has 1 saturated heterocycles. The van der Waals surface area contributed by atoms with Gasteiger partial charge >= 0.3 is 0 Å². The molecule has 0 bridgehead atoms. The summed E-state index contributed by atoms with van der Waals surface area (Å²) in [7, 11) is 1.56. The van der Waals surface area contributed by atoms with Gasteiger partial charge in [-0.05, 0) is 38.0 Å². The molecule has 2 unspecified atom stereocenters. The Balaban J connectivity index is 2.11. The van der Waals surface area contributed by atoms with Crippen LogP contribution >= 0.6 is 0 Å². The van der Waals surface area contributed by atoms with Crippen LogP contribution in [0.1, 0.15) is 31.4 Å². The first-order chi connectivity index (χ1) is 10.00. The van der Waals surface area contributed by atoms with Gasteiger partial charge in [-0.1, -0.05) is 11.2 Å². The van der Waals surface area contributed by atoms with E-state index >= 15 is 0 Å². The van der Waals surface area contributed by atoms with Crippen LogP contribution in [0.15, 0.2) is 23.4 Å². The molecule has 0 aliphatic carbocycles. The molecule has 4 N–H and O–H groups in total. The standard InChI is InChI=1S/C15H23N3O3/c1-10-15(2,6-7-21-10)17-9-11-4-5-12(14(16)18-19)13(8-11)20-3/h4-5,8,10,17,19H,6-7,9H2,1-3H3,(H2,16,18). The van der Waals surface area contributed by atoms with Crippen LogP contribution in [0.25, 0.3) is 0 Å². The van der Waals surface area contributed by atoms with Gasteiger partial charge in [0.25, 0.3) is 0 Å². The van der Waals surface area contributed by atoms with Gasteiger partial charge in [-0.2, -0.15) is 0 Å². The Labute approximate surface area is 124 Å². The molecule has 1 aliphatic rings. The van der Waals surface area contributed by atoms with Crippen molar-refractivity contribution in [2.45, 2.75) is 38.5 Å². The minimum absolute atomic E-state index is 0.0164. The number of benzene rings is 1. The zero-order valence-corrected chi connectivity index (χ0v) is 12.7. The van der Waals surface area contributed by atoms with Crippen LogP contribution < -0.4 is 15.8 Å². The molecule has 1 aromatic carbocycles. The fraction of sp³-hybridized carbons (Fsp3) is 0.533. The lowest BCUT2D eigenvalue weighted by molar-refractivity contribution is 0.0881.